The molecule has 1 fully saturated rings. The molecule has 0 aliphatic heterocycles. The molecule has 144 valence electrons. The van der Waals surface area contributed by atoms with Crippen LogP contribution in [0.2, 0.25) is 0 Å². The van der Waals surface area contributed by atoms with Gasteiger partial charge in [0.1, 0.15) is 11.6 Å². The summed E-state index contributed by atoms with van der Waals surface area (Å²) >= 11 is 0. The van der Waals surface area contributed by atoms with E-state index in [4.69, 9.17) is 5.73 Å². The van der Waals surface area contributed by atoms with Crippen molar-refractivity contribution in [2.75, 3.05) is 0 Å². The molecule has 3 rings (SSSR count). The maximum atomic E-state index is 13.2. The van der Waals surface area contributed by atoms with Crippen molar-refractivity contribution in [3.05, 3.63) is 71.3 Å². The molecule has 0 amide bonds. The van der Waals surface area contributed by atoms with Crippen molar-refractivity contribution in [3.8, 4) is 0 Å². The molecule has 7 heteroatoms. The normalized spacial score (nSPS) is 16.8. The van der Waals surface area contributed by atoms with Gasteiger partial charge in [-0.1, -0.05) is 30.3 Å². The maximum Gasteiger partial charge on any atom is 0.126 e. The minimum atomic E-state index is -0.794. The molecule has 2 aromatic carbocycles. The van der Waals surface area contributed by atoms with Crippen LogP contribution in [-0.2, 0) is 12.0 Å². The van der Waals surface area contributed by atoms with E-state index in [1.165, 1.54) is 17.7 Å². The molecular weight excluding hydrogens is 381 g/mol. The van der Waals surface area contributed by atoms with E-state index in [0.717, 1.165) is 18.9 Å². The maximum absolute atomic E-state index is 13.2. The quantitative estimate of drug-likeness (QED) is 0.617. The number of nitrogens with one attached hydrogen (secondary N) is 1. The Hall–Kier alpha value is -1.24. The lowest BCUT2D eigenvalue weighted by molar-refractivity contribution is 0.112. The van der Waals surface area contributed by atoms with Crippen LogP contribution in [0.15, 0.2) is 48.5 Å². The molecule has 4 N–H and O–H groups in total. The molecule has 2 aromatic rings. The summed E-state index contributed by atoms with van der Waals surface area (Å²) in [6.07, 6.45) is 1.27. The SMILES string of the molecule is Cl.Cl.NC(NC1(c2ccccc2)CC1)C(O)CCc1cc(F)cc(F)c1. The average Bonchev–Trinajstić information content (AvgIpc) is 3.33. The first-order valence-electron chi connectivity index (χ1n) is 8.20. The van der Waals surface area contributed by atoms with Gasteiger partial charge in [0.05, 0.1) is 12.3 Å². The van der Waals surface area contributed by atoms with Crippen LogP contribution in [0.25, 0.3) is 0 Å². The monoisotopic (exact) mass is 404 g/mol. The molecule has 0 heterocycles. The summed E-state index contributed by atoms with van der Waals surface area (Å²) in [4.78, 5) is 0. The fraction of sp³-hybridized carbons (Fsp3) is 0.368. The van der Waals surface area contributed by atoms with Crippen LogP contribution in [0, 0.1) is 11.6 Å². The smallest absolute Gasteiger partial charge is 0.126 e. The lowest BCUT2D eigenvalue weighted by Gasteiger charge is -2.27. The Morgan fingerprint density at radius 2 is 1.62 bits per heavy atom. The Labute approximate surface area is 164 Å². The summed E-state index contributed by atoms with van der Waals surface area (Å²) in [5.41, 5.74) is 7.62. The van der Waals surface area contributed by atoms with E-state index in [-0.39, 0.29) is 30.4 Å². The predicted octanol–water partition coefficient (Wildman–Crippen LogP) is 3.67. The third kappa shape index (κ3) is 5.63. The van der Waals surface area contributed by atoms with E-state index in [1.54, 1.807) is 0 Å². The van der Waals surface area contributed by atoms with Crippen LogP contribution >= 0.6 is 24.8 Å². The topological polar surface area (TPSA) is 58.3 Å². The fourth-order valence-corrected chi connectivity index (χ4v) is 3.06. The number of aliphatic hydroxyl groups excluding tert-OH is 1. The average molecular weight is 405 g/mol. The van der Waals surface area contributed by atoms with Crippen LogP contribution in [0.4, 0.5) is 8.78 Å². The number of rotatable bonds is 7. The van der Waals surface area contributed by atoms with Gasteiger partial charge in [0.25, 0.3) is 0 Å². The van der Waals surface area contributed by atoms with Crippen molar-refractivity contribution >= 4 is 24.8 Å². The van der Waals surface area contributed by atoms with Crippen molar-refractivity contribution < 1.29 is 13.9 Å². The van der Waals surface area contributed by atoms with Crippen molar-refractivity contribution in [1.29, 1.82) is 0 Å². The standard InChI is InChI=1S/C19H22F2N2O.2ClH/c20-15-10-13(11-16(21)12-15)6-7-17(24)18(22)23-19(8-9-19)14-4-2-1-3-5-14;;/h1-5,10-12,17-18,23-24H,6-9,22H2;2*1H. The van der Waals surface area contributed by atoms with E-state index in [2.05, 4.69) is 17.4 Å². The molecule has 26 heavy (non-hydrogen) atoms. The van der Waals surface area contributed by atoms with Crippen LogP contribution in [0.3, 0.4) is 0 Å². The van der Waals surface area contributed by atoms with E-state index in [1.807, 2.05) is 18.2 Å². The molecule has 1 saturated carbocycles. The number of benzene rings is 2. The van der Waals surface area contributed by atoms with Crippen LogP contribution in [0.5, 0.6) is 0 Å². The second kappa shape index (κ2) is 9.62. The molecule has 0 radical (unpaired) electrons. The zero-order chi connectivity index (χ0) is 17.2. The molecule has 2 unspecified atom stereocenters. The molecule has 0 saturated heterocycles. The fourth-order valence-electron chi connectivity index (χ4n) is 3.06. The highest BCUT2D eigenvalue weighted by Gasteiger charge is 2.45. The summed E-state index contributed by atoms with van der Waals surface area (Å²) < 4.78 is 26.4. The van der Waals surface area contributed by atoms with Crippen molar-refractivity contribution in [1.82, 2.24) is 5.32 Å². The van der Waals surface area contributed by atoms with Gasteiger partial charge < -0.3 is 10.8 Å². The van der Waals surface area contributed by atoms with Gasteiger partial charge in [0, 0.05) is 11.6 Å². The lowest BCUT2D eigenvalue weighted by Crippen LogP contribution is -2.51. The first kappa shape index (κ1) is 22.8. The van der Waals surface area contributed by atoms with Gasteiger partial charge in [-0.15, -0.1) is 24.8 Å². The summed E-state index contributed by atoms with van der Waals surface area (Å²) in [6.45, 7) is 0. The Morgan fingerprint density at radius 3 is 2.15 bits per heavy atom. The highest BCUT2D eigenvalue weighted by molar-refractivity contribution is 5.85. The van der Waals surface area contributed by atoms with Gasteiger partial charge in [0.2, 0.25) is 0 Å². The van der Waals surface area contributed by atoms with E-state index < -0.39 is 23.9 Å². The summed E-state index contributed by atoms with van der Waals surface area (Å²) in [5.74, 6) is -1.22. The second-order valence-electron chi connectivity index (χ2n) is 6.50. The van der Waals surface area contributed by atoms with Crippen LogP contribution in [-0.4, -0.2) is 17.4 Å². The predicted molar refractivity (Wildman–Crippen MR) is 104 cm³/mol. The Kier molecular flexibility index (Phi) is 8.44. The third-order valence-electron chi connectivity index (χ3n) is 4.58. The summed E-state index contributed by atoms with van der Waals surface area (Å²) in [6, 6.07) is 13.4. The molecule has 2 atom stereocenters. The first-order valence-corrected chi connectivity index (χ1v) is 8.20. The van der Waals surface area contributed by atoms with Crippen LogP contribution in [0.1, 0.15) is 30.4 Å². The van der Waals surface area contributed by atoms with Gasteiger partial charge in [0.15, 0.2) is 0 Å². The van der Waals surface area contributed by atoms with Crippen molar-refractivity contribution in [2.24, 2.45) is 5.73 Å². The Bertz CT molecular complexity index is 679. The zero-order valence-corrected chi connectivity index (χ0v) is 15.8. The van der Waals surface area contributed by atoms with E-state index in [0.29, 0.717) is 18.4 Å². The molecule has 1 aliphatic carbocycles. The number of hydrogen-bond donors (Lipinski definition) is 3. The first-order chi connectivity index (χ1) is 11.5. The summed E-state index contributed by atoms with van der Waals surface area (Å²) in [5, 5.41) is 13.6. The second-order valence-corrected chi connectivity index (χ2v) is 6.50. The molecule has 0 spiro atoms. The summed E-state index contributed by atoms with van der Waals surface area (Å²) in [7, 11) is 0. The zero-order valence-electron chi connectivity index (χ0n) is 14.2. The van der Waals surface area contributed by atoms with Gasteiger partial charge in [-0.2, -0.15) is 0 Å². The minimum absolute atomic E-state index is 0. The number of nitrogens with two attached hydrogens (primary N) is 1. The Morgan fingerprint density at radius 1 is 1.04 bits per heavy atom. The van der Waals surface area contributed by atoms with Gasteiger partial charge in [-0.25, -0.2) is 8.78 Å². The number of aryl methyl sites for hydroxylation is 1. The van der Waals surface area contributed by atoms with Crippen molar-refractivity contribution in [3.63, 3.8) is 0 Å². The van der Waals surface area contributed by atoms with Gasteiger partial charge in [-0.3, -0.25) is 5.32 Å². The largest absolute Gasteiger partial charge is 0.390 e. The molecular formula is C19H24Cl2F2N2O. The van der Waals surface area contributed by atoms with Gasteiger partial charge >= 0.3 is 0 Å². The molecule has 0 aromatic heterocycles. The molecule has 0 bridgehead atoms. The highest BCUT2D eigenvalue weighted by Crippen LogP contribution is 2.45. The van der Waals surface area contributed by atoms with E-state index in [9.17, 15) is 13.9 Å². The molecule has 1 aliphatic rings. The number of aliphatic hydroxyl groups is 1. The highest BCUT2D eigenvalue weighted by atomic mass is 35.5. The third-order valence-corrected chi connectivity index (χ3v) is 4.58. The Balaban J connectivity index is 0.00000169. The number of hydrogen-bond acceptors (Lipinski definition) is 3. The lowest BCUT2D eigenvalue weighted by atomic mass is 10.0. The molecule has 3 nitrogen and oxygen atoms in total. The van der Waals surface area contributed by atoms with Crippen LogP contribution < -0.4 is 11.1 Å². The van der Waals surface area contributed by atoms with E-state index >= 15 is 0 Å². The number of halogens is 4. The van der Waals surface area contributed by atoms with Gasteiger partial charge in [-0.05, 0) is 48.9 Å². The minimum Gasteiger partial charge on any atom is -0.390 e. The van der Waals surface area contributed by atoms with Crippen molar-refractivity contribution in [2.45, 2.75) is 43.5 Å².